The van der Waals surface area contributed by atoms with Gasteiger partial charge in [-0.05, 0) is 42.1 Å². The summed E-state index contributed by atoms with van der Waals surface area (Å²) in [6, 6.07) is 11.6. The smallest absolute Gasteiger partial charge is 0.290 e. The first-order valence-corrected chi connectivity index (χ1v) is 8.54. The largest absolute Gasteiger partial charge is 0.488 e. The number of rotatable bonds is 4. The lowest BCUT2D eigenvalue weighted by atomic mass is 10.1. The number of amides is 2. The number of benzene rings is 2. The third-order valence-electron chi connectivity index (χ3n) is 3.24. The molecule has 0 aliphatic carbocycles. The van der Waals surface area contributed by atoms with Crippen LogP contribution in [0.1, 0.15) is 11.1 Å². The van der Waals surface area contributed by atoms with Gasteiger partial charge in [-0.25, -0.2) is 4.39 Å². The molecule has 1 saturated heterocycles. The van der Waals surface area contributed by atoms with Gasteiger partial charge in [0.1, 0.15) is 18.2 Å². The Morgan fingerprint density at radius 2 is 2.00 bits per heavy atom. The third kappa shape index (κ3) is 3.85. The molecule has 3 rings (SSSR count). The molecule has 4 nitrogen and oxygen atoms in total. The quantitative estimate of drug-likeness (QED) is 0.758. The Balaban J connectivity index is 1.86. The number of thioether (sulfide) groups is 1. The third-order valence-corrected chi connectivity index (χ3v) is 4.55. The number of halogens is 2. The zero-order valence-electron chi connectivity index (χ0n) is 12.2. The SMILES string of the molecule is O=C1NC(=O)/C(=C\c2cc(Br)ccc2OCc2ccccc2F)S1. The van der Waals surface area contributed by atoms with Gasteiger partial charge in [0.15, 0.2) is 0 Å². The van der Waals surface area contributed by atoms with Crippen LogP contribution in [0.2, 0.25) is 0 Å². The summed E-state index contributed by atoms with van der Waals surface area (Å²) in [6.07, 6.45) is 1.58. The van der Waals surface area contributed by atoms with Crippen molar-refractivity contribution < 1.29 is 18.7 Å². The highest BCUT2D eigenvalue weighted by atomic mass is 79.9. The number of hydrogen-bond donors (Lipinski definition) is 1. The molecule has 1 aliphatic rings. The van der Waals surface area contributed by atoms with E-state index in [2.05, 4.69) is 21.2 Å². The molecular weight excluding hydrogens is 397 g/mol. The molecule has 0 saturated carbocycles. The monoisotopic (exact) mass is 407 g/mol. The van der Waals surface area contributed by atoms with E-state index in [1.165, 1.54) is 6.07 Å². The van der Waals surface area contributed by atoms with Gasteiger partial charge in [0, 0.05) is 15.6 Å². The molecular formula is C17H11BrFNO3S. The van der Waals surface area contributed by atoms with E-state index in [9.17, 15) is 14.0 Å². The first kappa shape index (κ1) is 16.7. The van der Waals surface area contributed by atoms with E-state index in [0.717, 1.165) is 16.2 Å². The molecule has 24 heavy (non-hydrogen) atoms. The molecule has 1 heterocycles. The minimum Gasteiger partial charge on any atom is -0.488 e. The van der Waals surface area contributed by atoms with Crippen LogP contribution >= 0.6 is 27.7 Å². The van der Waals surface area contributed by atoms with Gasteiger partial charge in [-0.1, -0.05) is 34.1 Å². The van der Waals surface area contributed by atoms with Crippen LogP contribution in [-0.2, 0) is 11.4 Å². The van der Waals surface area contributed by atoms with Crippen LogP contribution in [-0.4, -0.2) is 11.1 Å². The molecule has 1 N–H and O–H groups in total. The second-order valence-electron chi connectivity index (χ2n) is 4.91. The first-order valence-electron chi connectivity index (χ1n) is 6.93. The number of nitrogens with one attached hydrogen (secondary N) is 1. The summed E-state index contributed by atoms with van der Waals surface area (Å²) in [5.41, 5.74) is 1.05. The van der Waals surface area contributed by atoms with Crippen LogP contribution < -0.4 is 10.1 Å². The Kier molecular flexibility index (Phi) is 5.01. The standard InChI is InChI=1S/C17H11BrFNO3S/c18-12-5-6-14(23-9-10-3-1-2-4-13(10)19)11(7-12)8-15-16(21)20-17(22)24-15/h1-8H,9H2,(H,20,21,22)/b15-8+. The van der Waals surface area contributed by atoms with E-state index < -0.39 is 11.1 Å². The second-order valence-corrected chi connectivity index (χ2v) is 6.84. The van der Waals surface area contributed by atoms with Crippen LogP contribution in [0.4, 0.5) is 9.18 Å². The number of carbonyl (C=O) groups excluding carboxylic acids is 2. The summed E-state index contributed by atoms with van der Waals surface area (Å²) in [4.78, 5) is 23.2. The van der Waals surface area contributed by atoms with E-state index in [-0.39, 0.29) is 17.3 Å². The summed E-state index contributed by atoms with van der Waals surface area (Å²) in [7, 11) is 0. The fourth-order valence-electron chi connectivity index (χ4n) is 2.10. The van der Waals surface area contributed by atoms with E-state index in [1.807, 2.05) is 0 Å². The molecule has 0 unspecified atom stereocenters. The molecule has 1 fully saturated rings. The normalized spacial score (nSPS) is 15.7. The van der Waals surface area contributed by atoms with Crippen LogP contribution in [0.3, 0.4) is 0 Å². The lowest BCUT2D eigenvalue weighted by Crippen LogP contribution is -2.17. The van der Waals surface area contributed by atoms with Gasteiger partial charge in [0.05, 0.1) is 4.91 Å². The van der Waals surface area contributed by atoms with Gasteiger partial charge in [0.2, 0.25) is 0 Å². The predicted octanol–water partition coefficient (Wildman–Crippen LogP) is 4.49. The highest BCUT2D eigenvalue weighted by Crippen LogP contribution is 2.31. The van der Waals surface area contributed by atoms with Crippen molar-refractivity contribution in [2.24, 2.45) is 0 Å². The topological polar surface area (TPSA) is 55.4 Å². The lowest BCUT2D eigenvalue weighted by Gasteiger charge is -2.11. The fraction of sp³-hybridized carbons (Fsp3) is 0.0588. The summed E-state index contributed by atoms with van der Waals surface area (Å²) in [5.74, 6) is -0.294. The fourth-order valence-corrected chi connectivity index (χ4v) is 3.15. The highest BCUT2D eigenvalue weighted by molar-refractivity contribution is 9.10. The molecule has 7 heteroatoms. The maximum absolute atomic E-state index is 13.7. The molecule has 122 valence electrons. The Labute approximate surface area is 150 Å². The second kappa shape index (κ2) is 7.19. The summed E-state index contributed by atoms with van der Waals surface area (Å²) >= 11 is 4.19. The average Bonchev–Trinajstić information content (AvgIpc) is 2.85. The van der Waals surface area contributed by atoms with Crippen molar-refractivity contribution in [1.82, 2.24) is 5.32 Å². The zero-order valence-corrected chi connectivity index (χ0v) is 14.6. The van der Waals surface area contributed by atoms with E-state index in [4.69, 9.17) is 4.74 Å². The number of hydrogen-bond acceptors (Lipinski definition) is 4. The predicted molar refractivity (Wildman–Crippen MR) is 94.0 cm³/mol. The average molecular weight is 408 g/mol. The molecule has 0 aromatic heterocycles. The van der Waals surface area contributed by atoms with Crippen LogP contribution in [0.15, 0.2) is 51.8 Å². The maximum Gasteiger partial charge on any atom is 0.290 e. The number of ether oxygens (including phenoxy) is 1. The lowest BCUT2D eigenvalue weighted by molar-refractivity contribution is -0.115. The zero-order chi connectivity index (χ0) is 17.1. The van der Waals surface area contributed by atoms with Gasteiger partial charge < -0.3 is 4.74 Å². The summed E-state index contributed by atoms with van der Waals surface area (Å²) < 4.78 is 20.2. The van der Waals surface area contributed by atoms with E-state index >= 15 is 0 Å². The molecule has 2 aromatic carbocycles. The van der Waals surface area contributed by atoms with Gasteiger partial charge in [0.25, 0.3) is 11.1 Å². The van der Waals surface area contributed by atoms with Crippen molar-refractivity contribution in [3.8, 4) is 5.75 Å². The molecule has 0 atom stereocenters. The van der Waals surface area contributed by atoms with Crippen molar-refractivity contribution >= 4 is 44.9 Å². The van der Waals surface area contributed by atoms with Gasteiger partial charge in [-0.2, -0.15) is 0 Å². The molecule has 0 bridgehead atoms. The van der Waals surface area contributed by atoms with Crippen molar-refractivity contribution in [2.45, 2.75) is 6.61 Å². The first-order chi connectivity index (χ1) is 11.5. The Hall–Kier alpha value is -2.12. The maximum atomic E-state index is 13.7. The molecule has 1 aliphatic heterocycles. The minimum atomic E-state index is -0.440. The van der Waals surface area contributed by atoms with Crippen LogP contribution in [0.5, 0.6) is 5.75 Å². The van der Waals surface area contributed by atoms with Crippen LogP contribution in [0.25, 0.3) is 6.08 Å². The molecule has 2 aromatic rings. The molecule has 0 radical (unpaired) electrons. The van der Waals surface area contributed by atoms with Crippen LogP contribution in [0, 0.1) is 5.82 Å². The Morgan fingerprint density at radius 3 is 2.71 bits per heavy atom. The van der Waals surface area contributed by atoms with Crippen molar-refractivity contribution in [1.29, 1.82) is 0 Å². The van der Waals surface area contributed by atoms with E-state index in [0.29, 0.717) is 16.9 Å². The van der Waals surface area contributed by atoms with Gasteiger partial charge >= 0.3 is 0 Å². The Morgan fingerprint density at radius 1 is 1.21 bits per heavy atom. The van der Waals surface area contributed by atoms with Crippen molar-refractivity contribution in [3.05, 3.63) is 68.8 Å². The van der Waals surface area contributed by atoms with Gasteiger partial charge in [-0.15, -0.1) is 0 Å². The number of carbonyl (C=O) groups is 2. The van der Waals surface area contributed by atoms with Crippen molar-refractivity contribution in [2.75, 3.05) is 0 Å². The van der Waals surface area contributed by atoms with Gasteiger partial charge in [-0.3, -0.25) is 14.9 Å². The Bertz CT molecular complexity index is 853. The number of imide groups is 1. The molecule has 2 amide bonds. The highest BCUT2D eigenvalue weighted by Gasteiger charge is 2.25. The molecule has 0 spiro atoms. The minimum absolute atomic E-state index is 0.0583. The summed E-state index contributed by atoms with van der Waals surface area (Å²) in [6.45, 7) is 0.0583. The van der Waals surface area contributed by atoms with E-state index in [1.54, 1.807) is 42.5 Å². The summed E-state index contributed by atoms with van der Waals surface area (Å²) in [5, 5.41) is 1.79. The van der Waals surface area contributed by atoms with Crippen molar-refractivity contribution in [3.63, 3.8) is 0 Å².